The molecule has 1 aliphatic carbocycles. The van der Waals surface area contributed by atoms with Crippen LogP contribution in [-0.2, 0) is 9.84 Å². The van der Waals surface area contributed by atoms with Crippen molar-refractivity contribution in [1.82, 2.24) is 5.32 Å². The molecule has 0 aromatic rings. The van der Waals surface area contributed by atoms with Crippen LogP contribution in [0, 0.1) is 5.41 Å². The predicted molar refractivity (Wildman–Crippen MR) is 74.4 cm³/mol. The Bertz CT molecular complexity index is 351. The molecule has 0 radical (unpaired) electrons. The van der Waals surface area contributed by atoms with Crippen LogP contribution in [0.5, 0.6) is 0 Å². The molecule has 0 aliphatic heterocycles. The highest BCUT2D eigenvalue weighted by Crippen LogP contribution is 2.27. The molecule has 1 saturated carbocycles. The summed E-state index contributed by atoms with van der Waals surface area (Å²) in [6.45, 7) is 5.34. The van der Waals surface area contributed by atoms with E-state index in [0.717, 1.165) is 38.6 Å². The first kappa shape index (κ1) is 15.9. The van der Waals surface area contributed by atoms with Gasteiger partial charge in [0.1, 0.15) is 0 Å². The molecule has 2 unspecified atom stereocenters. The first-order valence-electron chi connectivity index (χ1n) is 6.79. The summed E-state index contributed by atoms with van der Waals surface area (Å²) in [5.74, 6) is 0. The molecule has 0 heterocycles. The van der Waals surface area contributed by atoms with E-state index in [9.17, 15) is 8.42 Å². The lowest BCUT2D eigenvalue weighted by molar-refractivity contribution is 0.232. The zero-order valence-corrected chi connectivity index (χ0v) is 12.6. The van der Waals surface area contributed by atoms with Crippen molar-refractivity contribution in [2.45, 2.75) is 57.2 Å². The minimum atomic E-state index is -2.94. The molecule has 1 aliphatic rings. The van der Waals surface area contributed by atoms with E-state index in [1.807, 2.05) is 0 Å². The summed E-state index contributed by atoms with van der Waals surface area (Å²) in [5, 5.41) is 12.1. The van der Waals surface area contributed by atoms with Crippen LogP contribution in [0.15, 0.2) is 0 Å². The van der Waals surface area contributed by atoms with E-state index in [1.54, 1.807) is 0 Å². The molecule has 108 valence electrons. The van der Waals surface area contributed by atoms with Crippen molar-refractivity contribution in [3.63, 3.8) is 0 Å². The van der Waals surface area contributed by atoms with Gasteiger partial charge >= 0.3 is 0 Å². The van der Waals surface area contributed by atoms with Gasteiger partial charge in [-0.2, -0.15) is 0 Å². The molecule has 18 heavy (non-hydrogen) atoms. The fourth-order valence-corrected chi connectivity index (χ4v) is 4.15. The van der Waals surface area contributed by atoms with Crippen molar-refractivity contribution in [2.24, 2.45) is 5.41 Å². The van der Waals surface area contributed by atoms with Crippen molar-refractivity contribution >= 4 is 9.84 Å². The van der Waals surface area contributed by atoms with Gasteiger partial charge in [0.25, 0.3) is 0 Å². The van der Waals surface area contributed by atoms with Crippen LogP contribution in [0.4, 0.5) is 0 Å². The van der Waals surface area contributed by atoms with Crippen molar-refractivity contribution in [1.29, 1.82) is 0 Å². The second-order valence-corrected chi connectivity index (χ2v) is 8.54. The maximum atomic E-state index is 11.7. The lowest BCUT2D eigenvalue weighted by Crippen LogP contribution is -2.43. The summed E-state index contributed by atoms with van der Waals surface area (Å²) in [5.41, 5.74) is 0.105. The second kappa shape index (κ2) is 6.35. The molecule has 0 saturated heterocycles. The number of nitrogens with one attached hydrogen (secondary N) is 1. The van der Waals surface area contributed by atoms with Crippen molar-refractivity contribution in [3.05, 3.63) is 0 Å². The first-order valence-corrected chi connectivity index (χ1v) is 8.75. The van der Waals surface area contributed by atoms with Crippen LogP contribution < -0.4 is 5.32 Å². The molecular formula is C13H27NO3S. The molecule has 2 N–H and O–H groups in total. The summed E-state index contributed by atoms with van der Waals surface area (Å²) < 4.78 is 23.3. The Morgan fingerprint density at radius 1 is 1.33 bits per heavy atom. The van der Waals surface area contributed by atoms with Crippen LogP contribution in [-0.4, -0.2) is 44.2 Å². The Morgan fingerprint density at radius 2 is 2.00 bits per heavy atom. The lowest BCUT2D eigenvalue weighted by atomic mass is 9.87. The molecular weight excluding hydrogens is 250 g/mol. The van der Waals surface area contributed by atoms with E-state index in [1.165, 1.54) is 6.26 Å². The van der Waals surface area contributed by atoms with Gasteiger partial charge in [0.2, 0.25) is 0 Å². The number of sulfone groups is 1. The molecule has 0 aromatic carbocycles. The van der Waals surface area contributed by atoms with Gasteiger partial charge in [-0.3, -0.25) is 0 Å². The van der Waals surface area contributed by atoms with Gasteiger partial charge in [-0.05, 0) is 31.1 Å². The number of hydrogen-bond donors (Lipinski definition) is 2. The average molecular weight is 277 g/mol. The Hall–Kier alpha value is -0.130. The largest absolute Gasteiger partial charge is 0.396 e. The van der Waals surface area contributed by atoms with Gasteiger partial charge in [-0.1, -0.05) is 20.3 Å². The lowest BCUT2D eigenvalue weighted by Gasteiger charge is -2.28. The van der Waals surface area contributed by atoms with Gasteiger partial charge < -0.3 is 10.4 Å². The summed E-state index contributed by atoms with van der Waals surface area (Å²) in [7, 11) is -2.94. The standard InChI is InChI=1S/C13H27NO3S/c1-13(2,8-5-9-15)10-14-11-6-4-7-12(11)18(3,16)17/h11-12,14-15H,4-10H2,1-3H3. The van der Waals surface area contributed by atoms with E-state index in [-0.39, 0.29) is 23.3 Å². The Labute approximate surface area is 111 Å². The van der Waals surface area contributed by atoms with Crippen LogP contribution in [0.2, 0.25) is 0 Å². The predicted octanol–water partition coefficient (Wildman–Crippen LogP) is 1.34. The van der Waals surface area contributed by atoms with Gasteiger partial charge in [-0.25, -0.2) is 8.42 Å². The van der Waals surface area contributed by atoms with Crippen molar-refractivity contribution < 1.29 is 13.5 Å². The molecule has 0 bridgehead atoms. The van der Waals surface area contributed by atoms with Crippen LogP contribution >= 0.6 is 0 Å². The Kier molecular flexibility index (Phi) is 5.62. The Morgan fingerprint density at radius 3 is 2.56 bits per heavy atom. The molecule has 0 amide bonds. The molecule has 1 fully saturated rings. The summed E-state index contributed by atoms with van der Waals surface area (Å²) in [4.78, 5) is 0. The minimum absolute atomic E-state index is 0.105. The third kappa shape index (κ3) is 4.86. The summed E-state index contributed by atoms with van der Waals surface area (Å²) >= 11 is 0. The zero-order chi connectivity index (χ0) is 13.8. The quantitative estimate of drug-likeness (QED) is 0.737. The van der Waals surface area contributed by atoms with E-state index in [0.29, 0.717) is 0 Å². The molecule has 0 spiro atoms. The van der Waals surface area contributed by atoms with E-state index in [2.05, 4.69) is 19.2 Å². The van der Waals surface area contributed by atoms with Gasteiger partial charge in [0, 0.05) is 25.4 Å². The second-order valence-electron chi connectivity index (χ2n) is 6.28. The molecule has 1 rings (SSSR count). The highest BCUT2D eigenvalue weighted by molar-refractivity contribution is 7.91. The van der Waals surface area contributed by atoms with Crippen LogP contribution in [0.25, 0.3) is 0 Å². The van der Waals surface area contributed by atoms with E-state index >= 15 is 0 Å². The van der Waals surface area contributed by atoms with E-state index < -0.39 is 9.84 Å². The Balaban J connectivity index is 2.47. The third-order valence-corrected chi connectivity index (χ3v) is 5.52. The normalized spacial score (nSPS) is 25.6. The van der Waals surface area contributed by atoms with Gasteiger partial charge in [0.05, 0.1) is 5.25 Å². The molecule has 2 atom stereocenters. The third-order valence-electron chi connectivity index (χ3n) is 3.86. The average Bonchev–Trinajstić information content (AvgIpc) is 2.72. The minimum Gasteiger partial charge on any atom is -0.396 e. The molecule has 0 aromatic heterocycles. The van der Waals surface area contributed by atoms with Crippen molar-refractivity contribution in [3.8, 4) is 0 Å². The fourth-order valence-electron chi connectivity index (χ4n) is 2.73. The maximum Gasteiger partial charge on any atom is 0.151 e. The molecule has 5 heteroatoms. The number of rotatable bonds is 7. The van der Waals surface area contributed by atoms with Crippen LogP contribution in [0.3, 0.4) is 0 Å². The molecule has 4 nitrogen and oxygen atoms in total. The highest BCUT2D eigenvalue weighted by atomic mass is 32.2. The number of aliphatic hydroxyl groups is 1. The summed E-state index contributed by atoms with van der Waals surface area (Å²) in [6.07, 6.45) is 5.82. The monoisotopic (exact) mass is 277 g/mol. The van der Waals surface area contributed by atoms with Gasteiger partial charge in [0.15, 0.2) is 9.84 Å². The number of aliphatic hydroxyl groups excluding tert-OH is 1. The summed E-state index contributed by atoms with van der Waals surface area (Å²) in [6, 6.07) is 0.105. The SMILES string of the molecule is CC(C)(CCCO)CNC1CCCC1S(C)(=O)=O. The fraction of sp³-hybridized carbons (Fsp3) is 1.00. The smallest absolute Gasteiger partial charge is 0.151 e. The topological polar surface area (TPSA) is 66.4 Å². The first-order chi connectivity index (χ1) is 8.26. The van der Waals surface area contributed by atoms with E-state index in [4.69, 9.17) is 5.11 Å². The van der Waals surface area contributed by atoms with Gasteiger partial charge in [-0.15, -0.1) is 0 Å². The zero-order valence-electron chi connectivity index (χ0n) is 11.8. The highest BCUT2D eigenvalue weighted by Gasteiger charge is 2.35. The maximum absolute atomic E-state index is 11.7. The van der Waals surface area contributed by atoms with Crippen molar-refractivity contribution in [2.75, 3.05) is 19.4 Å². The number of hydrogen-bond acceptors (Lipinski definition) is 4. The van der Waals surface area contributed by atoms with Crippen LogP contribution in [0.1, 0.15) is 46.0 Å².